The topological polar surface area (TPSA) is 38.7 Å². The highest BCUT2D eigenvalue weighted by atomic mass is 35.5. The molecule has 0 bridgehead atoms. The molecule has 112 valence electrons. The molecule has 2 aromatic carbocycles. The van der Waals surface area contributed by atoms with E-state index in [0.717, 1.165) is 12.1 Å². The summed E-state index contributed by atoms with van der Waals surface area (Å²) in [5.74, 6) is -0.784. The number of aliphatic hydroxyl groups excluding tert-OH is 1. The highest BCUT2D eigenvalue weighted by molar-refractivity contribution is 6.30. The van der Waals surface area contributed by atoms with E-state index in [0.29, 0.717) is 17.1 Å². The van der Waals surface area contributed by atoms with Gasteiger partial charge in [-0.2, -0.15) is 0 Å². The Morgan fingerprint density at radius 3 is 2.33 bits per heavy atom. The van der Waals surface area contributed by atoms with Crippen molar-refractivity contribution in [2.75, 3.05) is 14.2 Å². The summed E-state index contributed by atoms with van der Waals surface area (Å²) < 4.78 is 37.5. The molecule has 2 rings (SSSR count). The number of rotatable bonds is 4. The van der Waals surface area contributed by atoms with Gasteiger partial charge >= 0.3 is 0 Å². The number of ether oxygens (including phenoxy) is 2. The van der Waals surface area contributed by atoms with Gasteiger partial charge in [-0.25, -0.2) is 8.78 Å². The Hall–Kier alpha value is -1.85. The molecule has 0 amide bonds. The number of methoxy groups -OCH3 is 2. The Kier molecular flexibility index (Phi) is 4.65. The maximum Gasteiger partial charge on any atom is 0.142 e. The van der Waals surface area contributed by atoms with Crippen molar-refractivity contribution < 1.29 is 23.4 Å². The molecule has 0 saturated heterocycles. The van der Waals surface area contributed by atoms with E-state index in [2.05, 4.69) is 0 Å². The number of hydrogen-bond acceptors (Lipinski definition) is 3. The molecule has 0 aliphatic carbocycles. The molecule has 3 nitrogen and oxygen atoms in total. The predicted octanol–water partition coefficient (Wildman–Crippen LogP) is 3.72. The van der Waals surface area contributed by atoms with Gasteiger partial charge in [0.2, 0.25) is 0 Å². The lowest BCUT2D eigenvalue weighted by Crippen LogP contribution is -2.06. The molecule has 6 heteroatoms. The lowest BCUT2D eigenvalue weighted by atomic mass is 9.99. The summed E-state index contributed by atoms with van der Waals surface area (Å²) in [4.78, 5) is 0. The second kappa shape index (κ2) is 6.28. The zero-order valence-corrected chi connectivity index (χ0v) is 12.1. The molecule has 0 aliphatic heterocycles. The van der Waals surface area contributed by atoms with Crippen molar-refractivity contribution in [2.45, 2.75) is 6.10 Å². The number of aliphatic hydroxyl groups is 1. The van der Waals surface area contributed by atoms with Crippen molar-refractivity contribution in [3.8, 4) is 11.5 Å². The van der Waals surface area contributed by atoms with Gasteiger partial charge in [-0.3, -0.25) is 0 Å². The van der Waals surface area contributed by atoms with E-state index < -0.39 is 17.7 Å². The van der Waals surface area contributed by atoms with Gasteiger partial charge < -0.3 is 14.6 Å². The predicted molar refractivity (Wildman–Crippen MR) is 75.0 cm³/mol. The van der Waals surface area contributed by atoms with Crippen LogP contribution in [0.5, 0.6) is 11.5 Å². The SMILES string of the molecule is COc1ccc(C(O)c2cc(F)c(Cl)cc2F)c(OC)c1. The Morgan fingerprint density at radius 2 is 1.71 bits per heavy atom. The average Bonchev–Trinajstić information content (AvgIpc) is 2.49. The van der Waals surface area contributed by atoms with Gasteiger partial charge in [0.15, 0.2) is 0 Å². The molecule has 0 aromatic heterocycles. The summed E-state index contributed by atoms with van der Waals surface area (Å²) in [5, 5.41) is 9.95. The van der Waals surface area contributed by atoms with Crippen molar-refractivity contribution in [1.82, 2.24) is 0 Å². The van der Waals surface area contributed by atoms with Crippen LogP contribution < -0.4 is 9.47 Å². The van der Waals surface area contributed by atoms with E-state index in [1.165, 1.54) is 20.3 Å². The summed E-state index contributed by atoms with van der Waals surface area (Å²) in [6.45, 7) is 0. The minimum absolute atomic E-state index is 0.222. The van der Waals surface area contributed by atoms with Crippen molar-refractivity contribution in [1.29, 1.82) is 0 Å². The second-order valence-electron chi connectivity index (χ2n) is 4.30. The molecule has 0 fully saturated rings. The van der Waals surface area contributed by atoms with Gasteiger partial charge in [-0.15, -0.1) is 0 Å². The molecular weight excluding hydrogens is 302 g/mol. The van der Waals surface area contributed by atoms with Crippen LogP contribution in [0.2, 0.25) is 5.02 Å². The first-order valence-corrected chi connectivity index (χ1v) is 6.40. The van der Waals surface area contributed by atoms with Crippen LogP contribution in [0.3, 0.4) is 0 Å². The molecule has 1 N–H and O–H groups in total. The first kappa shape index (κ1) is 15.5. The van der Waals surface area contributed by atoms with Crippen molar-refractivity contribution in [3.63, 3.8) is 0 Å². The molecule has 2 aromatic rings. The van der Waals surface area contributed by atoms with Crippen LogP contribution in [0.1, 0.15) is 17.2 Å². The molecule has 0 heterocycles. The number of benzene rings is 2. The molecule has 0 radical (unpaired) electrons. The summed E-state index contributed by atoms with van der Waals surface area (Å²) in [6.07, 6.45) is -1.39. The van der Waals surface area contributed by atoms with Crippen LogP contribution in [-0.2, 0) is 0 Å². The average molecular weight is 315 g/mol. The van der Waals surface area contributed by atoms with E-state index in [4.69, 9.17) is 21.1 Å². The largest absolute Gasteiger partial charge is 0.497 e. The molecule has 0 spiro atoms. The fourth-order valence-corrected chi connectivity index (χ4v) is 2.11. The number of hydrogen-bond donors (Lipinski definition) is 1. The van der Waals surface area contributed by atoms with Gasteiger partial charge in [-0.1, -0.05) is 11.6 Å². The standard InChI is InChI=1S/C15H13ClF2O3/c1-20-8-3-4-9(14(5-8)21-2)15(19)10-6-13(18)11(16)7-12(10)17/h3-7,15,19H,1-2H3. The van der Waals surface area contributed by atoms with Gasteiger partial charge in [0.1, 0.15) is 29.2 Å². The summed E-state index contributed by atoms with van der Waals surface area (Å²) in [7, 11) is 2.89. The van der Waals surface area contributed by atoms with E-state index in [1.807, 2.05) is 0 Å². The van der Waals surface area contributed by atoms with Gasteiger partial charge in [0.05, 0.1) is 19.2 Å². The van der Waals surface area contributed by atoms with Crippen LogP contribution >= 0.6 is 11.6 Å². The van der Waals surface area contributed by atoms with E-state index in [-0.39, 0.29) is 10.6 Å². The lowest BCUT2D eigenvalue weighted by molar-refractivity contribution is 0.209. The Labute approximate surface area is 125 Å². The van der Waals surface area contributed by atoms with Gasteiger partial charge in [0.25, 0.3) is 0 Å². The smallest absolute Gasteiger partial charge is 0.142 e. The zero-order chi connectivity index (χ0) is 15.6. The van der Waals surface area contributed by atoms with Gasteiger partial charge in [-0.05, 0) is 24.3 Å². The Morgan fingerprint density at radius 1 is 1.00 bits per heavy atom. The lowest BCUT2D eigenvalue weighted by Gasteiger charge is -2.17. The fraction of sp³-hybridized carbons (Fsp3) is 0.200. The van der Waals surface area contributed by atoms with Gasteiger partial charge in [0, 0.05) is 17.2 Å². The summed E-state index contributed by atoms with van der Waals surface area (Å²) >= 11 is 5.50. The Bertz CT molecular complexity index is 662. The highest BCUT2D eigenvalue weighted by Crippen LogP contribution is 2.35. The van der Waals surface area contributed by atoms with E-state index in [9.17, 15) is 13.9 Å². The van der Waals surface area contributed by atoms with Crippen LogP contribution in [0.25, 0.3) is 0 Å². The quantitative estimate of drug-likeness (QED) is 0.874. The molecular formula is C15H13ClF2O3. The third-order valence-electron chi connectivity index (χ3n) is 3.07. The third-order valence-corrected chi connectivity index (χ3v) is 3.36. The van der Waals surface area contributed by atoms with E-state index >= 15 is 0 Å². The first-order valence-electron chi connectivity index (χ1n) is 6.02. The van der Waals surface area contributed by atoms with Crippen molar-refractivity contribution in [3.05, 3.63) is 58.1 Å². The van der Waals surface area contributed by atoms with Crippen molar-refractivity contribution in [2.24, 2.45) is 0 Å². The summed E-state index contributed by atoms with van der Waals surface area (Å²) in [5.41, 5.74) is 0.0688. The Balaban J connectivity index is 2.49. The third kappa shape index (κ3) is 3.09. The fourth-order valence-electron chi connectivity index (χ4n) is 1.96. The zero-order valence-electron chi connectivity index (χ0n) is 11.4. The summed E-state index contributed by atoms with van der Waals surface area (Å²) in [6, 6.07) is 6.35. The molecule has 1 unspecified atom stereocenters. The minimum Gasteiger partial charge on any atom is -0.497 e. The first-order chi connectivity index (χ1) is 9.97. The van der Waals surface area contributed by atoms with Crippen LogP contribution in [0, 0.1) is 11.6 Å². The second-order valence-corrected chi connectivity index (χ2v) is 4.71. The molecule has 1 atom stereocenters. The maximum absolute atomic E-state index is 13.9. The monoisotopic (exact) mass is 314 g/mol. The van der Waals surface area contributed by atoms with E-state index in [1.54, 1.807) is 12.1 Å². The molecule has 0 aliphatic rings. The molecule has 0 saturated carbocycles. The minimum atomic E-state index is -1.39. The maximum atomic E-state index is 13.9. The van der Waals surface area contributed by atoms with Crippen LogP contribution in [-0.4, -0.2) is 19.3 Å². The molecule has 21 heavy (non-hydrogen) atoms. The van der Waals surface area contributed by atoms with Crippen molar-refractivity contribution >= 4 is 11.6 Å². The van der Waals surface area contributed by atoms with Crippen LogP contribution in [0.15, 0.2) is 30.3 Å². The van der Waals surface area contributed by atoms with Crippen LogP contribution in [0.4, 0.5) is 8.78 Å². The highest BCUT2D eigenvalue weighted by Gasteiger charge is 2.21. The normalized spacial score (nSPS) is 12.1. The number of halogens is 3.